The Kier molecular flexibility index (Phi) is 11.0. The molecule has 3 heteroatoms. The molecule has 0 aromatic carbocycles. The predicted molar refractivity (Wildman–Crippen MR) is 70.8 cm³/mol. The van der Waals surface area contributed by atoms with E-state index in [1.54, 1.807) is 7.11 Å². The topological polar surface area (TPSA) is 21.3 Å². The molecule has 0 amide bonds. The molecule has 0 rings (SSSR count). The van der Waals surface area contributed by atoms with Gasteiger partial charge in [-0.2, -0.15) is 11.8 Å². The average Bonchev–Trinajstić information content (AvgIpc) is 2.23. The van der Waals surface area contributed by atoms with Gasteiger partial charge in [0, 0.05) is 19.2 Å². The number of thioether (sulfide) groups is 1. The molecule has 0 fully saturated rings. The van der Waals surface area contributed by atoms with Crippen molar-refractivity contribution < 1.29 is 4.74 Å². The maximum absolute atomic E-state index is 5.24. The Bertz CT molecular complexity index is 133. The van der Waals surface area contributed by atoms with Crippen molar-refractivity contribution in [3.63, 3.8) is 0 Å². The van der Waals surface area contributed by atoms with Crippen molar-refractivity contribution in [1.82, 2.24) is 5.32 Å². The molecule has 0 saturated carbocycles. The summed E-state index contributed by atoms with van der Waals surface area (Å²) < 4.78 is 5.24. The molecule has 0 aromatic rings. The third kappa shape index (κ3) is 9.21. The molecule has 2 unspecified atom stereocenters. The second kappa shape index (κ2) is 10.8. The van der Waals surface area contributed by atoms with Crippen molar-refractivity contribution in [3.05, 3.63) is 0 Å². The summed E-state index contributed by atoms with van der Waals surface area (Å²) in [7, 11) is 1.78. The Balaban J connectivity index is 3.70. The zero-order valence-corrected chi connectivity index (χ0v) is 11.5. The fourth-order valence-corrected chi connectivity index (χ4v) is 2.24. The summed E-state index contributed by atoms with van der Waals surface area (Å²) in [6, 6.07) is 1.14. The van der Waals surface area contributed by atoms with Crippen molar-refractivity contribution in [1.29, 1.82) is 0 Å². The van der Waals surface area contributed by atoms with Crippen molar-refractivity contribution in [2.45, 2.75) is 51.6 Å². The quantitative estimate of drug-likeness (QED) is 0.627. The Labute approximate surface area is 99.5 Å². The lowest BCUT2D eigenvalue weighted by Crippen LogP contribution is -2.39. The third-order valence-electron chi connectivity index (χ3n) is 2.55. The normalized spacial score (nSPS) is 15.2. The predicted octanol–water partition coefficient (Wildman–Crippen LogP) is 2.92. The number of nitrogens with one attached hydrogen (secondary N) is 1. The number of methoxy groups -OCH3 is 1. The Morgan fingerprint density at radius 3 is 2.60 bits per heavy atom. The maximum atomic E-state index is 5.24. The van der Waals surface area contributed by atoms with Crippen LogP contribution in [0.4, 0.5) is 0 Å². The van der Waals surface area contributed by atoms with Gasteiger partial charge in [-0.3, -0.25) is 0 Å². The van der Waals surface area contributed by atoms with Gasteiger partial charge in [0.1, 0.15) is 0 Å². The smallest absolute Gasteiger partial charge is 0.0615 e. The first-order valence-electron chi connectivity index (χ1n) is 5.98. The Morgan fingerprint density at radius 1 is 1.33 bits per heavy atom. The van der Waals surface area contributed by atoms with Crippen LogP contribution in [-0.4, -0.2) is 37.8 Å². The van der Waals surface area contributed by atoms with E-state index < -0.39 is 0 Å². The largest absolute Gasteiger partial charge is 0.383 e. The summed E-state index contributed by atoms with van der Waals surface area (Å²) in [5, 5.41) is 3.65. The van der Waals surface area contributed by atoms with Crippen molar-refractivity contribution in [2.75, 3.05) is 25.7 Å². The molecule has 0 bridgehead atoms. The highest BCUT2D eigenvalue weighted by atomic mass is 32.2. The van der Waals surface area contributed by atoms with E-state index in [0.717, 1.165) is 6.61 Å². The second-order valence-corrected chi connectivity index (χ2v) is 5.13. The highest BCUT2D eigenvalue weighted by molar-refractivity contribution is 7.98. The minimum Gasteiger partial charge on any atom is -0.383 e. The summed E-state index contributed by atoms with van der Waals surface area (Å²) in [4.78, 5) is 0. The number of unbranched alkanes of at least 4 members (excludes halogenated alkanes) is 1. The third-order valence-corrected chi connectivity index (χ3v) is 3.19. The molecule has 1 N–H and O–H groups in total. The molecule has 0 saturated heterocycles. The van der Waals surface area contributed by atoms with Crippen LogP contribution < -0.4 is 5.32 Å². The summed E-state index contributed by atoms with van der Waals surface area (Å²) in [6.45, 7) is 5.34. The molecule has 92 valence electrons. The van der Waals surface area contributed by atoms with Crippen LogP contribution in [0.5, 0.6) is 0 Å². The minimum absolute atomic E-state index is 0.534. The van der Waals surface area contributed by atoms with Crippen molar-refractivity contribution in [2.24, 2.45) is 0 Å². The number of hydrogen-bond acceptors (Lipinski definition) is 3. The number of ether oxygens (including phenoxy) is 1. The van der Waals surface area contributed by atoms with Crippen molar-refractivity contribution >= 4 is 11.8 Å². The lowest BCUT2D eigenvalue weighted by Gasteiger charge is -2.22. The standard InChI is InChI=1S/C12H27NOS/c1-5-6-7-12(10-14-3)13-11(2)8-9-15-4/h11-13H,5-10H2,1-4H3. The molecule has 0 radical (unpaired) electrons. The molecular weight excluding hydrogens is 206 g/mol. The number of rotatable bonds is 10. The molecule has 0 spiro atoms. The first kappa shape index (κ1) is 15.3. The lowest BCUT2D eigenvalue weighted by molar-refractivity contribution is 0.156. The van der Waals surface area contributed by atoms with Gasteiger partial charge in [0.15, 0.2) is 0 Å². The van der Waals surface area contributed by atoms with Gasteiger partial charge in [0.2, 0.25) is 0 Å². The SMILES string of the molecule is CCCCC(COC)NC(C)CCSC. The van der Waals surface area contributed by atoms with Gasteiger partial charge < -0.3 is 10.1 Å². The van der Waals surface area contributed by atoms with Gasteiger partial charge in [-0.15, -0.1) is 0 Å². The molecule has 0 aromatic heterocycles. The van der Waals surface area contributed by atoms with Gasteiger partial charge in [0.25, 0.3) is 0 Å². The molecule has 0 aliphatic carbocycles. The first-order chi connectivity index (χ1) is 7.24. The van der Waals surface area contributed by atoms with Gasteiger partial charge in [-0.05, 0) is 31.8 Å². The van der Waals surface area contributed by atoms with Crippen LogP contribution in [0.1, 0.15) is 39.5 Å². The first-order valence-corrected chi connectivity index (χ1v) is 7.37. The summed E-state index contributed by atoms with van der Waals surface area (Å²) in [5.74, 6) is 1.24. The highest BCUT2D eigenvalue weighted by Gasteiger charge is 2.10. The average molecular weight is 233 g/mol. The van der Waals surface area contributed by atoms with E-state index in [9.17, 15) is 0 Å². The van der Waals surface area contributed by atoms with Crippen LogP contribution in [0, 0.1) is 0 Å². The van der Waals surface area contributed by atoms with Gasteiger partial charge >= 0.3 is 0 Å². The summed E-state index contributed by atoms with van der Waals surface area (Å²) in [6.07, 6.45) is 7.19. The van der Waals surface area contributed by atoms with Crippen LogP contribution in [0.15, 0.2) is 0 Å². The zero-order valence-electron chi connectivity index (χ0n) is 10.7. The molecule has 2 atom stereocenters. The van der Waals surface area contributed by atoms with Crippen LogP contribution in [0.25, 0.3) is 0 Å². The van der Waals surface area contributed by atoms with E-state index in [2.05, 4.69) is 25.4 Å². The minimum atomic E-state index is 0.534. The molecule has 15 heavy (non-hydrogen) atoms. The van der Waals surface area contributed by atoms with E-state index in [4.69, 9.17) is 4.74 Å². The zero-order chi connectivity index (χ0) is 11.5. The van der Waals surface area contributed by atoms with Crippen LogP contribution in [0.3, 0.4) is 0 Å². The summed E-state index contributed by atoms with van der Waals surface area (Å²) in [5.41, 5.74) is 0. The van der Waals surface area contributed by atoms with Gasteiger partial charge in [0.05, 0.1) is 6.61 Å². The highest BCUT2D eigenvalue weighted by Crippen LogP contribution is 2.05. The molecule has 0 aliphatic heterocycles. The van der Waals surface area contributed by atoms with Crippen LogP contribution in [0.2, 0.25) is 0 Å². The van der Waals surface area contributed by atoms with Gasteiger partial charge in [-0.25, -0.2) is 0 Å². The van der Waals surface area contributed by atoms with Gasteiger partial charge in [-0.1, -0.05) is 19.8 Å². The molecular formula is C12H27NOS. The second-order valence-electron chi connectivity index (χ2n) is 4.14. The lowest BCUT2D eigenvalue weighted by atomic mass is 10.1. The Hall–Kier alpha value is 0.270. The van der Waals surface area contributed by atoms with Crippen LogP contribution in [-0.2, 0) is 4.74 Å². The molecule has 0 aliphatic rings. The van der Waals surface area contributed by atoms with E-state index in [0.29, 0.717) is 12.1 Å². The molecule has 0 heterocycles. The number of hydrogen-bond donors (Lipinski definition) is 1. The molecule has 2 nitrogen and oxygen atoms in total. The van der Waals surface area contributed by atoms with E-state index in [1.807, 2.05) is 11.8 Å². The maximum Gasteiger partial charge on any atom is 0.0615 e. The fraction of sp³-hybridized carbons (Fsp3) is 1.00. The monoisotopic (exact) mass is 233 g/mol. The van der Waals surface area contributed by atoms with Crippen molar-refractivity contribution in [3.8, 4) is 0 Å². The van der Waals surface area contributed by atoms with E-state index >= 15 is 0 Å². The van der Waals surface area contributed by atoms with E-state index in [-0.39, 0.29) is 0 Å². The van der Waals surface area contributed by atoms with E-state index in [1.165, 1.54) is 31.4 Å². The Morgan fingerprint density at radius 2 is 2.07 bits per heavy atom. The fourth-order valence-electron chi connectivity index (χ4n) is 1.65. The van der Waals surface area contributed by atoms with Crippen LogP contribution >= 0.6 is 11.8 Å². The summed E-state index contributed by atoms with van der Waals surface area (Å²) >= 11 is 1.92.